The minimum Gasteiger partial charge on any atom is -0.458 e. The molecule has 0 atom stereocenters. The van der Waals surface area contributed by atoms with Crippen molar-refractivity contribution in [2.24, 2.45) is 11.8 Å². The zero-order chi connectivity index (χ0) is 50.8. The molecule has 2 saturated carbocycles. The van der Waals surface area contributed by atoms with E-state index in [1.807, 2.05) is 0 Å². The number of carbonyl (C=O) groups excluding carboxylic acids is 4. The molecule has 0 spiro atoms. The third-order valence-corrected chi connectivity index (χ3v) is 12.6. The summed E-state index contributed by atoms with van der Waals surface area (Å²) in [6.07, 6.45) is 21.6. The Morgan fingerprint density at radius 2 is 0.873 bits per heavy atom. The standard InChI is InChI=1S/C29H38N2O5.C28H36N2O5/c1-2-3-4-5-18-34-25-15-10-22(11-16-25)29(33)36-26-13-6-21(7-14-26)8-17-28(32)35-20-23-9-12-24(30)19-27(23)31;1-2-3-4-17-33-24-14-9-21(10-15-24)28(32)35-25-12-5-20(6-13-25)7-16-27(31)34-19-22-8-11-23(29)18-26(22)30/h6-9,12-14,17,19,22,25H,2-5,10-11,15-16,18,20,30-31H2,1H3;5-8,11-13,16,18,21,24H,2-4,9-10,14-15,17,19,29-30H2,1H3/b17-8+;16-7+. The third-order valence-electron chi connectivity index (χ3n) is 12.6. The van der Waals surface area contributed by atoms with Gasteiger partial charge in [-0.2, -0.15) is 0 Å². The maximum atomic E-state index is 12.6. The van der Waals surface area contributed by atoms with E-state index in [1.54, 1.807) is 97.1 Å². The van der Waals surface area contributed by atoms with Gasteiger partial charge >= 0.3 is 23.9 Å². The molecular weight excluding hydrogens is 901 g/mol. The van der Waals surface area contributed by atoms with Crippen LogP contribution in [0.3, 0.4) is 0 Å². The van der Waals surface area contributed by atoms with Crippen molar-refractivity contribution in [3.8, 4) is 11.5 Å². The quantitative estimate of drug-likeness (QED) is 0.0178. The summed E-state index contributed by atoms with van der Waals surface area (Å²) < 4.78 is 33.5. The average Bonchev–Trinajstić information content (AvgIpc) is 3.37. The lowest BCUT2D eigenvalue weighted by molar-refractivity contribution is -0.142. The molecule has 0 aliphatic heterocycles. The van der Waals surface area contributed by atoms with Crippen molar-refractivity contribution in [1.82, 2.24) is 0 Å². The molecule has 0 amide bonds. The Labute approximate surface area is 419 Å². The molecule has 6 rings (SSSR count). The normalized spacial score (nSPS) is 17.8. The van der Waals surface area contributed by atoms with Gasteiger partial charge in [-0.25, -0.2) is 9.59 Å². The minimum atomic E-state index is -0.485. The van der Waals surface area contributed by atoms with E-state index in [1.165, 1.54) is 44.3 Å². The predicted octanol–water partition coefficient (Wildman–Crippen LogP) is 10.9. The Hall–Kier alpha value is -6.64. The summed E-state index contributed by atoms with van der Waals surface area (Å²) in [5, 5.41) is 0. The van der Waals surface area contributed by atoms with Crippen LogP contribution in [0.15, 0.2) is 97.1 Å². The van der Waals surface area contributed by atoms with Crippen molar-refractivity contribution >= 4 is 58.8 Å². The zero-order valence-electron chi connectivity index (χ0n) is 41.5. The van der Waals surface area contributed by atoms with Gasteiger partial charge in [-0.15, -0.1) is 0 Å². The number of nitrogens with two attached hydrogens (primary N) is 4. The number of benzene rings is 4. The Bertz CT molecular complexity index is 2330. The van der Waals surface area contributed by atoms with Gasteiger partial charge in [-0.3, -0.25) is 9.59 Å². The minimum absolute atomic E-state index is 0.0665. The summed E-state index contributed by atoms with van der Waals surface area (Å²) >= 11 is 0. The predicted molar refractivity (Wildman–Crippen MR) is 279 cm³/mol. The monoisotopic (exact) mass is 975 g/mol. The second kappa shape index (κ2) is 30.2. The Morgan fingerprint density at radius 1 is 0.493 bits per heavy atom. The average molecular weight is 975 g/mol. The lowest BCUT2D eigenvalue weighted by Crippen LogP contribution is -2.29. The molecule has 0 saturated heterocycles. The number of unbranched alkanes of at least 4 members (excludes halogenated alkanes) is 5. The van der Waals surface area contributed by atoms with Crippen LogP contribution in [-0.2, 0) is 51.3 Å². The van der Waals surface area contributed by atoms with Crippen LogP contribution < -0.4 is 32.4 Å². The molecule has 14 heteroatoms. The topological polar surface area (TPSA) is 228 Å². The van der Waals surface area contributed by atoms with Gasteiger partial charge < -0.3 is 51.4 Å². The maximum absolute atomic E-state index is 12.6. The highest BCUT2D eigenvalue weighted by molar-refractivity contribution is 5.88. The number of ether oxygens (including phenoxy) is 6. The first-order chi connectivity index (χ1) is 34.4. The van der Waals surface area contributed by atoms with E-state index in [-0.39, 0.29) is 49.2 Å². The summed E-state index contributed by atoms with van der Waals surface area (Å²) in [5.41, 5.74) is 28.1. The van der Waals surface area contributed by atoms with Gasteiger partial charge in [-0.1, -0.05) is 82.3 Å². The number of anilines is 4. The van der Waals surface area contributed by atoms with Gasteiger partial charge in [0.1, 0.15) is 24.7 Å². The molecule has 14 nitrogen and oxygen atoms in total. The van der Waals surface area contributed by atoms with Crippen LogP contribution in [0.1, 0.15) is 132 Å². The van der Waals surface area contributed by atoms with Crippen LogP contribution in [-0.4, -0.2) is 49.3 Å². The molecule has 0 radical (unpaired) electrons. The first-order valence-electron chi connectivity index (χ1n) is 25.2. The van der Waals surface area contributed by atoms with Crippen LogP contribution in [0.5, 0.6) is 11.5 Å². The van der Waals surface area contributed by atoms with Gasteiger partial charge in [-0.05, 0) is 136 Å². The van der Waals surface area contributed by atoms with E-state index in [0.717, 1.165) is 88.5 Å². The van der Waals surface area contributed by atoms with Crippen LogP contribution in [0.25, 0.3) is 12.2 Å². The van der Waals surface area contributed by atoms with E-state index in [9.17, 15) is 19.2 Å². The van der Waals surface area contributed by atoms with E-state index in [4.69, 9.17) is 51.4 Å². The fourth-order valence-electron chi connectivity index (χ4n) is 8.22. The summed E-state index contributed by atoms with van der Waals surface area (Å²) in [4.78, 5) is 49.2. The number of hydrogen-bond acceptors (Lipinski definition) is 14. The van der Waals surface area contributed by atoms with E-state index < -0.39 is 11.9 Å². The Morgan fingerprint density at radius 3 is 1.25 bits per heavy atom. The lowest BCUT2D eigenvalue weighted by Gasteiger charge is -2.27. The van der Waals surface area contributed by atoms with Gasteiger partial charge in [0.25, 0.3) is 0 Å². The summed E-state index contributed by atoms with van der Waals surface area (Å²) in [6, 6.07) is 24.2. The van der Waals surface area contributed by atoms with Crippen LogP contribution in [0.4, 0.5) is 22.7 Å². The summed E-state index contributed by atoms with van der Waals surface area (Å²) in [7, 11) is 0. The van der Waals surface area contributed by atoms with Crippen molar-refractivity contribution in [2.75, 3.05) is 36.1 Å². The molecule has 2 aliphatic rings. The van der Waals surface area contributed by atoms with Crippen LogP contribution in [0.2, 0.25) is 0 Å². The van der Waals surface area contributed by atoms with E-state index in [0.29, 0.717) is 45.4 Å². The largest absolute Gasteiger partial charge is 0.458 e. The molecule has 8 N–H and O–H groups in total. The van der Waals surface area contributed by atoms with E-state index in [2.05, 4.69) is 13.8 Å². The molecule has 0 aromatic heterocycles. The summed E-state index contributed by atoms with van der Waals surface area (Å²) in [5.74, 6) is -0.541. The van der Waals surface area contributed by atoms with Gasteiger partial charge in [0.2, 0.25) is 0 Å². The second-order valence-corrected chi connectivity index (χ2v) is 18.2. The molecule has 0 unspecified atom stereocenters. The van der Waals surface area contributed by atoms with Crippen molar-refractivity contribution < 1.29 is 47.6 Å². The molecule has 71 heavy (non-hydrogen) atoms. The Kier molecular flexibility index (Phi) is 23.5. The molecular formula is C57H74N4O10. The number of carbonyl (C=O) groups is 4. The van der Waals surface area contributed by atoms with Crippen molar-refractivity contribution in [3.63, 3.8) is 0 Å². The molecule has 0 bridgehead atoms. The first kappa shape index (κ1) is 55.3. The van der Waals surface area contributed by atoms with Gasteiger partial charge in [0, 0.05) is 59.2 Å². The fourth-order valence-corrected chi connectivity index (χ4v) is 8.22. The first-order valence-corrected chi connectivity index (χ1v) is 25.2. The molecule has 382 valence electrons. The van der Waals surface area contributed by atoms with Crippen molar-refractivity contribution in [2.45, 2.75) is 136 Å². The molecule has 2 fully saturated rings. The molecule has 4 aromatic carbocycles. The smallest absolute Gasteiger partial charge is 0.331 e. The third kappa shape index (κ3) is 20.3. The zero-order valence-corrected chi connectivity index (χ0v) is 41.5. The number of rotatable bonds is 23. The van der Waals surface area contributed by atoms with Crippen LogP contribution >= 0.6 is 0 Å². The molecule has 0 heterocycles. The van der Waals surface area contributed by atoms with Crippen molar-refractivity contribution in [1.29, 1.82) is 0 Å². The highest BCUT2D eigenvalue weighted by Crippen LogP contribution is 2.30. The highest BCUT2D eigenvalue weighted by atomic mass is 16.5. The number of esters is 4. The molecule has 2 aliphatic carbocycles. The van der Waals surface area contributed by atoms with E-state index >= 15 is 0 Å². The second-order valence-electron chi connectivity index (χ2n) is 18.2. The summed E-state index contributed by atoms with van der Waals surface area (Å²) in [6.45, 7) is 6.14. The van der Waals surface area contributed by atoms with Gasteiger partial charge in [0.15, 0.2) is 0 Å². The van der Waals surface area contributed by atoms with Crippen LogP contribution in [0, 0.1) is 11.8 Å². The fraction of sp³-hybridized carbons (Fsp3) is 0.439. The van der Waals surface area contributed by atoms with Gasteiger partial charge in [0.05, 0.1) is 24.0 Å². The maximum Gasteiger partial charge on any atom is 0.331 e. The lowest BCUT2D eigenvalue weighted by atomic mass is 9.87. The Balaban J connectivity index is 0.000000264. The van der Waals surface area contributed by atoms with Crippen molar-refractivity contribution in [3.05, 3.63) is 119 Å². The number of hydrogen-bond donors (Lipinski definition) is 4. The molecule has 4 aromatic rings. The SMILES string of the molecule is CCCCCCOC1CCC(C(=O)Oc2ccc(/C=C/C(=O)OCc3ccc(N)cc3N)cc2)CC1.CCCCCOC1CCC(C(=O)Oc2ccc(/C=C/C(=O)OCc3ccc(N)cc3N)cc2)CC1. The highest BCUT2D eigenvalue weighted by Gasteiger charge is 2.29. The number of nitrogen functional groups attached to an aromatic ring is 4.